The molecule has 3 nitrogen and oxygen atoms in total. The van der Waals surface area contributed by atoms with E-state index in [0.29, 0.717) is 4.88 Å². The first-order valence-corrected chi connectivity index (χ1v) is 13.0. The molecular weight excluding hydrogens is 474 g/mol. The SMILES string of the molecule is CC/C(=C(\C1=C(Cl)c2ccccc2CCC1)c1ccc(/C=C/CC(=O)O)cc1)c1ccsc1C#N. The zero-order valence-corrected chi connectivity index (χ0v) is 21.1. The van der Waals surface area contributed by atoms with Crippen LogP contribution in [0.2, 0.25) is 0 Å². The number of carboxylic acid groups (broad SMARTS) is 1. The van der Waals surface area contributed by atoms with E-state index in [9.17, 15) is 10.1 Å². The summed E-state index contributed by atoms with van der Waals surface area (Å²) in [7, 11) is 0. The van der Waals surface area contributed by atoms with Gasteiger partial charge in [0.1, 0.15) is 10.9 Å². The van der Waals surface area contributed by atoms with Crippen molar-refractivity contribution in [2.24, 2.45) is 0 Å². The molecule has 0 saturated heterocycles. The number of carboxylic acids is 1. The molecule has 0 amide bonds. The van der Waals surface area contributed by atoms with Crippen LogP contribution in [0.5, 0.6) is 0 Å². The standard InChI is InChI=1S/C30H26ClNO2S/c1-2-23(25-17-18-35-27(25)19-32)29(22-15-13-20(14-16-22)7-5-12-28(33)34)26-11-6-9-21-8-3-4-10-24(21)30(26)31/h3-5,7-8,10,13-18H,2,6,9,11-12H2,1H3,(H,33,34)/b7-5+,29-23+. The van der Waals surface area contributed by atoms with Crippen molar-refractivity contribution in [3.63, 3.8) is 0 Å². The second-order valence-electron chi connectivity index (χ2n) is 8.41. The Bertz CT molecular complexity index is 1370. The normalized spacial score (nSPS) is 14.3. The third kappa shape index (κ3) is 5.48. The van der Waals surface area contributed by atoms with Gasteiger partial charge in [-0.1, -0.05) is 79.2 Å². The highest BCUT2D eigenvalue weighted by atomic mass is 35.5. The molecule has 3 aromatic rings. The largest absolute Gasteiger partial charge is 0.481 e. The van der Waals surface area contributed by atoms with E-state index in [1.54, 1.807) is 6.08 Å². The van der Waals surface area contributed by atoms with Crippen molar-refractivity contribution >= 4 is 51.2 Å². The number of rotatable bonds is 7. The number of nitriles is 1. The Morgan fingerprint density at radius 3 is 2.63 bits per heavy atom. The fourth-order valence-corrected chi connectivity index (χ4v) is 5.72. The molecule has 1 aliphatic carbocycles. The van der Waals surface area contributed by atoms with Crippen molar-refractivity contribution in [1.29, 1.82) is 5.26 Å². The minimum absolute atomic E-state index is 0.0100. The number of aryl methyl sites for hydroxylation is 1. The molecule has 4 rings (SSSR count). The third-order valence-electron chi connectivity index (χ3n) is 6.24. The lowest BCUT2D eigenvalue weighted by atomic mass is 9.85. The Labute approximate surface area is 215 Å². The average Bonchev–Trinajstić information content (AvgIpc) is 3.28. The summed E-state index contributed by atoms with van der Waals surface area (Å²) in [6.07, 6.45) is 7.03. The molecule has 0 bridgehead atoms. The van der Waals surface area contributed by atoms with Gasteiger partial charge in [0.15, 0.2) is 0 Å². The summed E-state index contributed by atoms with van der Waals surface area (Å²) in [4.78, 5) is 11.5. The molecule has 1 aliphatic rings. The van der Waals surface area contributed by atoms with Crippen LogP contribution in [0.4, 0.5) is 0 Å². The molecule has 176 valence electrons. The Morgan fingerprint density at radius 2 is 1.91 bits per heavy atom. The molecule has 5 heteroatoms. The number of halogens is 1. The molecular formula is C30H26ClNO2S. The Balaban J connectivity index is 1.91. The predicted molar refractivity (Wildman–Crippen MR) is 146 cm³/mol. The smallest absolute Gasteiger partial charge is 0.307 e. The van der Waals surface area contributed by atoms with Gasteiger partial charge in [-0.25, -0.2) is 0 Å². The Kier molecular flexibility index (Phi) is 8.02. The lowest BCUT2D eigenvalue weighted by Gasteiger charge is -2.20. The molecule has 0 unspecified atom stereocenters. The lowest BCUT2D eigenvalue weighted by Crippen LogP contribution is -1.99. The van der Waals surface area contributed by atoms with E-state index in [-0.39, 0.29) is 6.42 Å². The number of aliphatic carboxylic acids is 1. The molecule has 0 fully saturated rings. The van der Waals surface area contributed by atoms with E-state index in [1.165, 1.54) is 16.9 Å². The van der Waals surface area contributed by atoms with E-state index in [4.69, 9.17) is 16.7 Å². The molecule has 35 heavy (non-hydrogen) atoms. The lowest BCUT2D eigenvalue weighted by molar-refractivity contribution is -0.135. The predicted octanol–water partition coefficient (Wildman–Crippen LogP) is 8.41. The van der Waals surface area contributed by atoms with Crippen LogP contribution in [-0.2, 0) is 11.2 Å². The fourth-order valence-electron chi connectivity index (χ4n) is 4.64. The number of thiophene rings is 1. The van der Waals surface area contributed by atoms with Gasteiger partial charge in [-0.3, -0.25) is 4.79 Å². The highest BCUT2D eigenvalue weighted by molar-refractivity contribution is 7.10. The molecule has 1 heterocycles. The van der Waals surface area contributed by atoms with E-state index >= 15 is 0 Å². The second-order valence-corrected chi connectivity index (χ2v) is 9.70. The first kappa shape index (κ1) is 24.7. The number of nitrogens with zero attached hydrogens (tertiary/aromatic N) is 1. The number of hydrogen-bond donors (Lipinski definition) is 1. The monoisotopic (exact) mass is 499 g/mol. The maximum absolute atomic E-state index is 10.8. The number of allylic oxidation sites excluding steroid dienone is 3. The van der Waals surface area contributed by atoms with Crippen LogP contribution in [0.1, 0.15) is 65.3 Å². The summed E-state index contributed by atoms with van der Waals surface area (Å²) in [6.45, 7) is 2.12. The number of fused-ring (bicyclic) bond motifs is 1. The Hall–Kier alpha value is -3.39. The van der Waals surface area contributed by atoms with Crippen molar-refractivity contribution in [2.75, 3.05) is 0 Å². The van der Waals surface area contributed by atoms with Gasteiger partial charge in [-0.2, -0.15) is 5.26 Å². The second kappa shape index (κ2) is 11.4. The van der Waals surface area contributed by atoms with Gasteiger partial charge in [-0.15, -0.1) is 11.3 Å². The first-order chi connectivity index (χ1) is 17.0. The molecule has 0 aliphatic heterocycles. The highest BCUT2D eigenvalue weighted by Crippen LogP contribution is 2.44. The quantitative estimate of drug-likeness (QED) is 0.355. The number of benzene rings is 2. The van der Waals surface area contributed by atoms with Crippen LogP contribution < -0.4 is 0 Å². The van der Waals surface area contributed by atoms with Gasteiger partial charge in [0, 0.05) is 5.56 Å². The molecule has 1 aromatic heterocycles. The topological polar surface area (TPSA) is 61.1 Å². The molecule has 0 atom stereocenters. The number of hydrogen-bond acceptors (Lipinski definition) is 3. The van der Waals surface area contributed by atoms with Crippen molar-refractivity contribution < 1.29 is 9.90 Å². The van der Waals surface area contributed by atoms with Crippen molar-refractivity contribution in [1.82, 2.24) is 0 Å². The van der Waals surface area contributed by atoms with E-state index in [1.807, 2.05) is 35.7 Å². The van der Waals surface area contributed by atoms with Crippen molar-refractivity contribution in [3.05, 3.63) is 104 Å². The van der Waals surface area contributed by atoms with Gasteiger partial charge in [0.05, 0.1) is 11.5 Å². The maximum atomic E-state index is 10.8. The van der Waals surface area contributed by atoms with Crippen LogP contribution in [0, 0.1) is 11.3 Å². The van der Waals surface area contributed by atoms with Gasteiger partial charge < -0.3 is 5.11 Å². The first-order valence-electron chi connectivity index (χ1n) is 11.7. The van der Waals surface area contributed by atoms with Crippen LogP contribution in [-0.4, -0.2) is 11.1 Å². The van der Waals surface area contributed by atoms with Gasteiger partial charge in [-0.05, 0) is 76.1 Å². The van der Waals surface area contributed by atoms with Crippen molar-refractivity contribution in [3.8, 4) is 6.07 Å². The van der Waals surface area contributed by atoms with Gasteiger partial charge in [0.25, 0.3) is 0 Å². The number of carbonyl (C=O) groups is 1. The highest BCUT2D eigenvalue weighted by Gasteiger charge is 2.23. The van der Waals surface area contributed by atoms with E-state index in [2.05, 4.69) is 43.3 Å². The minimum Gasteiger partial charge on any atom is -0.481 e. The molecule has 0 radical (unpaired) electrons. The molecule has 0 saturated carbocycles. The maximum Gasteiger partial charge on any atom is 0.307 e. The summed E-state index contributed by atoms with van der Waals surface area (Å²) in [5.74, 6) is -0.852. The summed E-state index contributed by atoms with van der Waals surface area (Å²) in [5.41, 5.74) is 8.60. The van der Waals surface area contributed by atoms with Gasteiger partial charge in [0.2, 0.25) is 0 Å². The van der Waals surface area contributed by atoms with Crippen LogP contribution in [0.15, 0.2) is 71.6 Å². The minimum atomic E-state index is -0.852. The summed E-state index contributed by atoms with van der Waals surface area (Å²) < 4.78 is 0. The van der Waals surface area contributed by atoms with Crippen molar-refractivity contribution in [2.45, 2.75) is 39.0 Å². The van der Waals surface area contributed by atoms with Crippen LogP contribution in [0.3, 0.4) is 0 Å². The average molecular weight is 500 g/mol. The third-order valence-corrected chi connectivity index (χ3v) is 7.49. The summed E-state index contributed by atoms with van der Waals surface area (Å²) in [6, 6.07) is 20.8. The molecule has 0 spiro atoms. The van der Waals surface area contributed by atoms with E-state index in [0.717, 1.165) is 69.7 Å². The van der Waals surface area contributed by atoms with E-state index < -0.39 is 5.97 Å². The fraction of sp³-hybridized carbons (Fsp3) is 0.200. The summed E-state index contributed by atoms with van der Waals surface area (Å²) >= 11 is 8.60. The van der Waals surface area contributed by atoms with Crippen LogP contribution >= 0.6 is 22.9 Å². The van der Waals surface area contributed by atoms with Gasteiger partial charge >= 0.3 is 5.97 Å². The zero-order chi connectivity index (χ0) is 24.8. The molecule has 1 N–H and O–H groups in total. The Morgan fingerprint density at radius 1 is 1.14 bits per heavy atom. The molecule has 2 aromatic carbocycles. The summed E-state index contributed by atoms with van der Waals surface area (Å²) in [5, 5.41) is 21.4. The van der Waals surface area contributed by atoms with Crippen LogP contribution in [0.25, 0.3) is 22.3 Å². The zero-order valence-electron chi connectivity index (χ0n) is 19.6.